The zero-order valence-corrected chi connectivity index (χ0v) is 14.9. The van der Waals surface area contributed by atoms with Crippen molar-refractivity contribution in [1.29, 1.82) is 0 Å². The minimum atomic E-state index is -1.24. The maximum Gasteiger partial charge on any atom is 0.221 e. The Hall–Kier alpha value is -1.35. The molecule has 7 heteroatoms. The molecule has 138 valence electrons. The predicted molar refractivity (Wildman–Crippen MR) is 86.6 cm³/mol. The number of carbonyl (C=O) groups is 1. The molecule has 2 heterocycles. The fraction of sp³-hybridized carbons (Fsp3) is 0.611. The molecule has 0 radical (unpaired) electrons. The first-order chi connectivity index (χ1) is 11.9. The van der Waals surface area contributed by atoms with Crippen molar-refractivity contribution in [2.45, 2.75) is 50.5 Å². The molecule has 0 bridgehead atoms. The van der Waals surface area contributed by atoms with E-state index in [1.807, 2.05) is 30.3 Å². The lowest BCUT2D eigenvalue weighted by molar-refractivity contribution is -0.462. The molecule has 1 aromatic rings. The second-order valence-electron chi connectivity index (χ2n) is 6.36. The lowest BCUT2D eigenvalue weighted by Gasteiger charge is -2.53. The Bertz CT molecular complexity index is 607. The van der Waals surface area contributed by atoms with Crippen LogP contribution in [0.5, 0.6) is 0 Å². The van der Waals surface area contributed by atoms with Gasteiger partial charge in [-0.3, -0.25) is 4.79 Å². The lowest BCUT2D eigenvalue weighted by Crippen LogP contribution is -2.70. The number of Topliss-reactive ketones (excluding diaryl/α,β-unsaturated/α-hetero) is 1. The maximum atomic E-state index is 12.3. The van der Waals surface area contributed by atoms with Gasteiger partial charge in [0.05, 0.1) is 6.61 Å². The topological polar surface area (TPSA) is 72.5 Å². The molecule has 0 amide bonds. The molecule has 5 atom stereocenters. The van der Waals surface area contributed by atoms with E-state index in [0.29, 0.717) is 6.61 Å². The van der Waals surface area contributed by atoms with E-state index < -0.39 is 30.1 Å². The fourth-order valence-corrected chi connectivity index (χ4v) is 3.00. The van der Waals surface area contributed by atoms with Gasteiger partial charge in [0.2, 0.25) is 11.6 Å². The summed E-state index contributed by atoms with van der Waals surface area (Å²) in [5.41, 5.74) is 0.993. The van der Waals surface area contributed by atoms with Gasteiger partial charge in [-0.05, 0) is 19.4 Å². The van der Waals surface area contributed by atoms with Gasteiger partial charge in [0.1, 0.15) is 12.7 Å². The van der Waals surface area contributed by atoms with E-state index >= 15 is 0 Å². The van der Waals surface area contributed by atoms with E-state index in [9.17, 15) is 4.79 Å². The van der Waals surface area contributed by atoms with Gasteiger partial charge in [-0.2, -0.15) is 0 Å². The molecule has 0 N–H and O–H groups in total. The smallest absolute Gasteiger partial charge is 0.221 e. The van der Waals surface area contributed by atoms with E-state index in [1.54, 1.807) is 13.8 Å². The van der Waals surface area contributed by atoms with Crippen LogP contribution in [0.15, 0.2) is 30.3 Å². The first-order valence-corrected chi connectivity index (χ1v) is 8.18. The number of benzene rings is 1. The van der Waals surface area contributed by atoms with Gasteiger partial charge in [-0.15, -0.1) is 0 Å². The standard InChI is InChI=1S/C18H24O7/c1-17(20-3)18(2,21-4)25-15-14(24-17)13(19)11-23-16(15)22-10-12-8-6-5-7-9-12/h5-9,14-16H,10-11H2,1-4H3/t14-,15-,16+,17+,18+/m1/s1. The van der Waals surface area contributed by atoms with Gasteiger partial charge < -0.3 is 28.4 Å². The number of methoxy groups -OCH3 is 2. The summed E-state index contributed by atoms with van der Waals surface area (Å²) >= 11 is 0. The number of hydrogen-bond donors (Lipinski definition) is 0. The van der Waals surface area contributed by atoms with E-state index in [1.165, 1.54) is 14.2 Å². The number of ketones is 1. The molecule has 2 aliphatic heterocycles. The van der Waals surface area contributed by atoms with E-state index in [2.05, 4.69) is 0 Å². The maximum absolute atomic E-state index is 12.3. The molecular formula is C18H24O7. The van der Waals surface area contributed by atoms with Gasteiger partial charge in [0.15, 0.2) is 18.2 Å². The van der Waals surface area contributed by atoms with Crippen molar-refractivity contribution in [1.82, 2.24) is 0 Å². The third-order valence-corrected chi connectivity index (χ3v) is 4.85. The first kappa shape index (κ1) is 18.4. The monoisotopic (exact) mass is 352 g/mol. The van der Waals surface area contributed by atoms with Crippen LogP contribution in [0, 0.1) is 0 Å². The molecule has 25 heavy (non-hydrogen) atoms. The van der Waals surface area contributed by atoms with E-state index in [-0.39, 0.29) is 12.4 Å². The first-order valence-electron chi connectivity index (χ1n) is 8.18. The van der Waals surface area contributed by atoms with Crippen molar-refractivity contribution >= 4 is 5.78 Å². The zero-order chi connectivity index (χ0) is 18.1. The number of hydrogen-bond acceptors (Lipinski definition) is 7. The second-order valence-corrected chi connectivity index (χ2v) is 6.36. The van der Waals surface area contributed by atoms with Gasteiger partial charge in [-0.25, -0.2) is 0 Å². The molecule has 0 aromatic heterocycles. The Morgan fingerprint density at radius 2 is 1.72 bits per heavy atom. The van der Waals surface area contributed by atoms with Crippen molar-refractivity contribution in [3.8, 4) is 0 Å². The van der Waals surface area contributed by atoms with Crippen LogP contribution in [-0.4, -0.2) is 56.7 Å². The summed E-state index contributed by atoms with van der Waals surface area (Å²) in [5, 5.41) is 0. The summed E-state index contributed by atoms with van der Waals surface area (Å²) in [6.07, 6.45) is -2.35. The van der Waals surface area contributed by atoms with Crippen LogP contribution in [0.2, 0.25) is 0 Å². The Kier molecular flexibility index (Phi) is 5.24. The number of rotatable bonds is 5. The Morgan fingerprint density at radius 1 is 1.08 bits per heavy atom. The molecule has 1 aromatic carbocycles. The molecule has 0 unspecified atom stereocenters. The van der Waals surface area contributed by atoms with Crippen LogP contribution < -0.4 is 0 Å². The van der Waals surface area contributed by atoms with Crippen LogP contribution in [-0.2, 0) is 39.8 Å². The van der Waals surface area contributed by atoms with Crippen molar-refractivity contribution in [3.63, 3.8) is 0 Å². The van der Waals surface area contributed by atoms with E-state index in [4.69, 9.17) is 28.4 Å². The van der Waals surface area contributed by atoms with Crippen molar-refractivity contribution in [3.05, 3.63) is 35.9 Å². The SMILES string of the molecule is CO[C@@]1(C)O[C@H]2[C@@H](OCc3ccccc3)OCC(=O)[C@H]2O[C@]1(C)OC. The highest BCUT2D eigenvalue weighted by Gasteiger charge is 2.61. The molecule has 3 rings (SSSR count). The largest absolute Gasteiger partial charge is 0.349 e. The van der Waals surface area contributed by atoms with Crippen LogP contribution >= 0.6 is 0 Å². The minimum absolute atomic E-state index is 0.104. The average Bonchev–Trinajstić information content (AvgIpc) is 2.64. The summed E-state index contributed by atoms with van der Waals surface area (Å²) in [7, 11) is 2.97. The van der Waals surface area contributed by atoms with Gasteiger partial charge in [0, 0.05) is 14.2 Å². The highest BCUT2D eigenvalue weighted by atomic mass is 16.8. The normalized spacial score (nSPS) is 38.4. The Morgan fingerprint density at radius 3 is 2.36 bits per heavy atom. The lowest BCUT2D eigenvalue weighted by atomic mass is 9.99. The second kappa shape index (κ2) is 7.11. The molecular weight excluding hydrogens is 328 g/mol. The van der Waals surface area contributed by atoms with Crippen molar-refractivity contribution in [2.24, 2.45) is 0 Å². The molecule has 2 saturated heterocycles. The Balaban J connectivity index is 1.78. The molecule has 0 aliphatic carbocycles. The molecule has 0 spiro atoms. The summed E-state index contributed by atoms with van der Waals surface area (Å²) in [6.45, 7) is 3.60. The average molecular weight is 352 g/mol. The van der Waals surface area contributed by atoms with Crippen LogP contribution in [0.4, 0.5) is 0 Å². The summed E-state index contributed by atoms with van der Waals surface area (Å²) in [4.78, 5) is 12.3. The van der Waals surface area contributed by atoms with Gasteiger partial charge in [-0.1, -0.05) is 30.3 Å². The Labute approximate surface area is 147 Å². The van der Waals surface area contributed by atoms with Gasteiger partial charge in [0.25, 0.3) is 0 Å². The molecule has 2 aliphatic rings. The van der Waals surface area contributed by atoms with Gasteiger partial charge >= 0.3 is 0 Å². The zero-order valence-electron chi connectivity index (χ0n) is 14.9. The van der Waals surface area contributed by atoms with Crippen LogP contribution in [0.1, 0.15) is 19.4 Å². The predicted octanol–water partition coefficient (Wildman–Crippen LogP) is 1.64. The highest BCUT2D eigenvalue weighted by molar-refractivity contribution is 5.85. The summed E-state index contributed by atoms with van der Waals surface area (Å²) < 4.78 is 34.3. The summed E-state index contributed by atoms with van der Waals surface area (Å²) in [6, 6.07) is 9.69. The van der Waals surface area contributed by atoms with Crippen molar-refractivity contribution in [2.75, 3.05) is 20.8 Å². The fourth-order valence-electron chi connectivity index (χ4n) is 3.00. The van der Waals surface area contributed by atoms with Crippen LogP contribution in [0.25, 0.3) is 0 Å². The minimum Gasteiger partial charge on any atom is -0.349 e. The number of carbonyl (C=O) groups excluding carboxylic acids is 1. The number of fused-ring (bicyclic) bond motifs is 1. The third kappa shape index (κ3) is 3.36. The summed E-state index contributed by atoms with van der Waals surface area (Å²) in [5.74, 6) is -2.68. The van der Waals surface area contributed by atoms with Crippen molar-refractivity contribution < 1.29 is 33.2 Å². The third-order valence-electron chi connectivity index (χ3n) is 4.85. The van der Waals surface area contributed by atoms with E-state index in [0.717, 1.165) is 5.56 Å². The molecule has 7 nitrogen and oxygen atoms in total. The quantitative estimate of drug-likeness (QED) is 0.797. The number of ether oxygens (including phenoxy) is 6. The molecule has 0 saturated carbocycles. The highest BCUT2D eigenvalue weighted by Crippen LogP contribution is 2.41. The van der Waals surface area contributed by atoms with Crippen LogP contribution in [0.3, 0.4) is 0 Å². The molecule has 2 fully saturated rings.